The van der Waals surface area contributed by atoms with Gasteiger partial charge in [-0.05, 0) is 30.6 Å². The first-order chi connectivity index (χ1) is 16.7. The third-order valence-electron chi connectivity index (χ3n) is 5.21. The molecule has 1 aromatic carbocycles. The molecule has 184 valence electrons. The zero-order valence-electron chi connectivity index (χ0n) is 19.5. The molecule has 12 nitrogen and oxygen atoms in total. The number of carbonyl (C=O) groups is 3. The minimum atomic E-state index is -0.971. The summed E-state index contributed by atoms with van der Waals surface area (Å²) in [4.78, 5) is 70.7. The Morgan fingerprint density at radius 3 is 2.54 bits per heavy atom. The van der Waals surface area contributed by atoms with Gasteiger partial charge in [0.05, 0.1) is 24.6 Å². The lowest BCUT2D eigenvalue weighted by Gasteiger charge is -2.19. The van der Waals surface area contributed by atoms with Crippen LogP contribution in [0.4, 0.5) is 5.69 Å². The van der Waals surface area contributed by atoms with Gasteiger partial charge in [0.2, 0.25) is 5.91 Å². The van der Waals surface area contributed by atoms with E-state index in [2.05, 4.69) is 20.6 Å². The van der Waals surface area contributed by atoms with Crippen molar-refractivity contribution in [2.75, 3.05) is 24.4 Å². The van der Waals surface area contributed by atoms with Crippen LogP contribution in [-0.4, -0.2) is 62.0 Å². The van der Waals surface area contributed by atoms with E-state index in [1.165, 1.54) is 39.0 Å². The second-order valence-electron chi connectivity index (χ2n) is 7.47. The SMILES string of the molecule is COC(=O)c1ccccc1NC(=O)C(CCSC)NC(=O)c1cnc2c(n1)c(=O)n(C)c(=O)n2C. The number of amides is 2. The number of para-hydroxylation sites is 1. The maximum Gasteiger partial charge on any atom is 0.339 e. The van der Waals surface area contributed by atoms with Crippen LogP contribution in [0.5, 0.6) is 0 Å². The van der Waals surface area contributed by atoms with E-state index >= 15 is 0 Å². The Hall–Kier alpha value is -4.00. The number of aromatic nitrogens is 4. The van der Waals surface area contributed by atoms with Gasteiger partial charge in [0.15, 0.2) is 11.2 Å². The fraction of sp³-hybridized carbons (Fsp3) is 0.318. The van der Waals surface area contributed by atoms with Crippen molar-refractivity contribution in [3.8, 4) is 0 Å². The minimum absolute atomic E-state index is 0.0331. The number of hydrogen-bond donors (Lipinski definition) is 2. The van der Waals surface area contributed by atoms with Crippen LogP contribution in [0.1, 0.15) is 27.3 Å². The van der Waals surface area contributed by atoms with Crippen molar-refractivity contribution in [2.24, 2.45) is 14.1 Å². The van der Waals surface area contributed by atoms with Gasteiger partial charge in [-0.25, -0.2) is 19.6 Å². The lowest BCUT2D eigenvalue weighted by Crippen LogP contribution is -2.45. The largest absolute Gasteiger partial charge is 0.465 e. The number of rotatable bonds is 8. The van der Waals surface area contributed by atoms with Crippen LogP contribution in [-0.2, 0) is 23.6 Å². The first-order valence-corrected chi connectivity index (χ1v) is 11.8. The Balaban J connectivity index is 1.89. The number of anilines is 1. The Labute approximate surface area is 203 Å². The zero-order chi connectivity index (χ0) is 25.7. The molecule has 13 heteroatoms. The highest BCUT2D eigenvalue weighted by Gasteiger charge is 2.24. The van der Waals surface area contributed by atoms with Crippen molar-refractivity contribution >= 4 is 46.4 Å². The van der Waals surface area contributed by atoms with Crippen LogP contribution in [0.3, 0.4) is 0 Å². The van der Waals surface area contributed by atoms with E-state index in [9.17, 15) is 24.0 Å². The van der Waals surface area contributed by atoms with Gasteiger partial charge in [0.1, 0.15) is 11.7 Å². The summed E-state index contributed by atoms with van der Waals surface area (Å²) in [6.45, 7) is 0. The molecule has 0 aliphatic rings. The second kappa shape index (κ2) is 11.0. The number of ether oxygens (including phenoxy) is 1. The van der Waals surface area contributed by atoms with Crippen LogP contribution < -0.4 is 21.9 Å². The smallest absolute Gasteiger partial charge is 0.339 e. The summed E-state index contributed by atoms with van der Waals surface area (Å²) in [6, 6.07) is 5.37. The molecular weight excluding hydrogens is 476 g/mol. The molecule has 2 heterocycles. The molecule has 35 heavy (non-hydrogen) atoms. The van der Waals surface area contributed by atoms with Crippen LogP contribution in [0.25, 0.3) is 11.2 Å². The molecule has 0 saturated carbocycles. The summed E-state index contributed by atoms with van der Waals surface area (Å²) < 4.78 is 6.77. The number of nitrogens with zero attached hydrogens (tertiary/aromatic N) is 4. The van der Waals surface area contributed by atoms with Crippen molar-refractivity contribution in [2.45, 2.75) is 12.5 Å². The normalized spacial score (nSPS) is 11.7. The molecule has 0 aliphatic carbocycles. The molecular formula is C22H24N6O6S. The van der Waals surface area contributed by atoms with Gasteiger partial charge in [-0.3, -0.25) is 23.5 Å². The first-order valence-electron chi connectivity index (χ1n) is 10.4. The highest BCUT2D eigenvalue weighted by atomic mass is 32.2. The fourth-order valence-electron chi connectivity index (χ4n) is 3.28. The van der Waals surface area contributed by atoms with Crippen molar-refractivity contribution < 1.29 is 19.1 Å². The van der Waals surface area contributed by atoms with Crippen LogP contribution in [0.15, 0.2) is 40.1 Å². The molecule has 0 radical (unpaired) electrons. The average Bonchev–Trinajstić information content (AvgIpc) is 2.87. The van der Waals surface area contributed by atoms with Gasteiger partial charge < -0.3 is 15.4 Å². The standard InChI is InChI=1S/C22H24N6O6S/c1-27-17-16(20(31)28(2)22(27)33)24-15(11-23-17)19(30)26-14(9-10-35-4)18(29)25-13-8-6-5-7-12(13)21(32)34-3/h5-8,11,14H,9-10H2,1-4H3,(H,25,29)(H,26,30). The van der Waals surface area contributed by atoms with E-state index < -0.39 is 35.1 Å². The second-order valence-corrected chi connectivity index (χ2v) is 8.45. The third-order valence-corrected chi connectivity index (χ3v) is 5.85. The van der Waals surface area contributed by atoms with Crippen LogP contribution >= 0.6 is 11.8 Å². The number of esters is 1. The maximum atomic E-state index is 13.0. The molecule has 2 amide bonds. The van der Waals surface area contributed by atoms with E-state index in [1.54, 1.807) is 18.2 Å². The van der Waals surface area contributed by atoms with Crippen LogP contribution in [0, 0.1) is 0 Å². The topological polar surface area (TPSA) is 154 Å². The quantitative estimate of drug-likeness (QED) is 0.416. The maximum absolute atomic E-state index is 13.0. The Kier molecular flexibility index (Phi) is 8.02. The molecule has 1 atom stereocenters. The van der Waals surface area contributed by atoms with Gasteiger partial charge in [0.25, 0.3) is 11.5 Å². The molecule has 0 spiro atoms. The predicted octanol–water partition coefficient (Wildman–Crippen LogP) is 0.304. The molecule has 3 rings (SSSR count). The molecule has 3 aromatic rings. The van der Waals surface area contributed by atoms with Crippen molar-refractivity contribution in [3.63, 3.8) is 0 Å². The van der Waals surface area contributed by atoms with Gasteiger partial charge in [0, 0.05) is 14.1 Å². The summed E-state index contributed by atoms with van der Waals surface area (Å²) in [6.07, 6.45) is 3.28. The van der Waals surface area contributed by atoms with E-state index in [0.717, 1.165) is 15.3 Å². The number of thioether (sulfide) groups is 1. The molecule has 2 aromatic heterocycles. The van der Waals surface area contributed by atoms with E-state index in [-0.39, 0.29) is 34.5 Å². The average molecular weight is 501 g/mol. The van der Waals surface area contributed by atoms with Crippen molar-refractivity contribution in [1.82, 2.24) is 24.4 Å². The highest BCUT2D eigenvalue weighted by Crippen LogP contribution is 2.17. The number of carbonyl (C=O) groups excluding carboxylic acids is 3. The number of hydrogen-bond acceptors (Lipinski definition) is 9. The lowest BCUT2D eigenvalue weighted by atomic mass is 10.1. The van der Waals surface area contributed by atoms with E-state index in [0.29, 0.717) is 5.75 Å². The Bertz CT molecular complexity index is 1420. The van der Waals surface area contributed by atoms with Gasteiger partial charge in [-0.2, -0.15) is 11.8 Å². The molecule has 0 saturated heterocycles. The molecule has 0 fully saturated rings. The van der Waals surface area contributed by atoms with E-state index in [4.69, 9.17) is 4.74 Å². The zero-order valence-corrected chi connectivity index (χ0v) is 20.3. The van der Waals surface area contributed by atoms with Gasteiger partial charge >= 0.3 is 11.7 Å². The molecule has 2 N–H and O–H groups in total. The fourth-order valence-corrected chi connectivity index (χ4v) is 3.75. The summed E-state index contributed by atoms with van der Waals surface area (Å²) in [5.74, 6) is -1.33. The summed E-state index contributed by atoms with van der Waals surface area (Å²) in [5.41, 5.74) is -1.17. The Morgan fingerprint density at radius 2 is 1.86 bits per heavy atom. The minimum Gasteiger partial charge on any atom is -0.465 e. The summed E-state index contributed by atoms with van der Waals surface area (Å²) >= 11 is 1.49. The summed E-state index contributed by atoms with van der Waals surface area (Å²) in [5, 5.41) is 5.28. The van der Waals surface area contributed by atoms with Gasteiger partial charge in [-0.15, -0.1) is 0 Å². The van der Waals surface area contributed by atoms with Crippen LogP contribution in [0.2, 0.25) is 0 Å². The number of methoxy groups -OCH3 is 1. The number of aryl methyl sites for hydroxylation is 1. The predicted molar refractivity (Wildman–Crippen MR) is 131 cm³/mol. The summed E-state index contributed by atoms with van der Waals surface area (Å²) in [7, 11) is 3.97. The highest BCUT2D eigenvalue weighted by molar-refractivity contribution is 7.98. The molecule has 0 aliphatic heterocycles. The first kappa shape index (κ1) is 25.6. The number of nitrogens with one attached hydrogen (secondary N) is 2. The number of fused-ring (bicyclic) bond motifs is 1. The molecule has 0 bridgehead atoms. The van der Waals surface area contributed by atoms with Crippen molar-refractivity contribution in [1.29, 1.82) is 0 Å². The van der Waals surface area contributed by atoms with Gasteiger partial charge in [-0.1, -0.05) is 12.1 Å². The Morgan fingerprint density at radius 1 is 1.14 bits per heavy atom. The monoisotopic (exact) mass is 500 g/mol. The third kappa shape index (κ3) is 5.40. The van der Waals surface area contributed by atoms with Crippen molar-refractivity contribution in [3.05, 3.63) is 62.6 Å². The van der Waals surface area contributed by atoms with E-state index in [1.807, 2.05) is 6.26 Å². The number of benzene rings is 1. The molecule has 1 unspecified atom stereocenters. The lowest BCUT2D eigenvalue weighted by molar-refractivity contribution is -0.118.